The van der Waals surface area contributed by atoms with Crippen LogP contribution in [-0.4, -0.2) is 5.11 Å². The van der Waals surface area contributed by atoms with E-state index in [1.807, 2.05) is 12.1 Å². The Bertz CT molecular complexity index is 646. The first-order valence-electron chi connectivity index (χ1n) is 8.88. The molecule has 0 amide bonds. The van der Waals surface area contributed by atoms with Gasteiger partial charge in [0.2, 0.25) is 0 Å². The summed E-state index contributed by atoms with van der Waals surface area (Å²) < 4.78 is 0. The van der Waals surface area contributed by atoms with Gasteiger partial charge in [-0.2, -0.15) is 0 Å². The molecule has 0 aliphatic heterocycles. The van der Waals surface area contributed by atoms with Gasteiger partial charge in [0.05, 0.1) is 0 Å². The van der Waals surface area contributed by atoms with E-state index < -0.39 is 0 Å². The number of rotatable bonds is 3. The zero-order chi connectivity index (χ0) is 16.4. The number of hydrogen-bond acceptors (Lipinski definition) is 1. The largest absolute Gasteiger partial charge is 0.508 e. The van der Waals surface area contributed by atoms with Crippen molar-refractivity contribution >= 4 is 0 Å². The van der Waals surface area contributed by atoms with Crippen molar-refractivity contribution in [2.45, 2.75) is 51.9 Å². The molecule has 23 heavy (non-hydrogen) atoms. The van der Waals surface area contributed by atoms with Gasteiger partial charge in [-0.05, 0) is 67.7 Å². The predicted molar refractivity (Wildman–Crippen MR) is 96.9 cm³/mol. The van der Waals surface area contributed by atoms with Gasteiger partial charge in [0.15, 0.2) is 0 Å². The zero-order valence-electron chi connectivity index (χ0n) is 14.5. The van der Waals surface area contributed by atoms with Crippen molar-refractivity contribution in [3.63, 3.8) is 0 Å². The first-order chi connectivity index (χ1) is 11.0. The molecule has 0 bridgehead atoms. The molecule has 1 N–H and O–H groups in total. The van der Waals surface area contributed by atoms with Gasteiger partial charge in [-0.25, -0.2) is 0 Å². The molecule has 0 heterocycles. The van der Waals surface area contributed by atoms with Gasteiger partial charge in [0.1, 0.15) is 5.75 Å². The summed E-state index contributed by atoms with van der Waals surface area (Å²) in [6.45, 7) is 6.88. The fraction of sp³-hybridized carbons (Fsp3) is 0.455. The maximum absolute atomic E-state index is 9.67. The highest BCUT2D eigenvalue weighted by atomic mass is 16.3. The van der Waals surface area contributed by atoms with Gasteiger partial charge in [-0.3, -0.25) is 0 Å². The molecule has 2 aromatic rings. The fourth-order valence-corrected chi connectivity index (χ4v) is 4.27. The van der Waals surface area contributed by atoms with E-state index in [2.05, 4.69) is 57.2 Å². The summed E-state index contributed by atoms with van der Waals surface area (Å²) in [5.74, 6) is 1.96. The molecule has 1 fully saturated rings. The number of benzene rings is 2. The Balaban J connectivity index is 2.02. The molecular weight excluding hydrogens is 280 g/mol. The second kappa shape index (κ2) is 6.39. The zero-order valence-corrected chi connectivity index (χ0v) is 14.5. The summed E-state index contributed by atoms with van der Waals surface area (Å²) in [4.78, 5) is 0. The molecule has 0 saturated heterocycles. The minimum absolute atomic E-state index is 0.102. The molecule has 1 aliphatic carbocycles. The Kier molecular flexibility index (Phi) is 4.48. The third kappa shape index (κ3) is 3.15. The Morgan fingerprint density at radius 3 is 2.17 bits per heavy atom. The standard InChI is InChI=1S/C22H28O/c1-16(2)18-11-13-22(14-12-18,19-7-9-21(23)10-8-19)20-6-4-5-17(3)15-20/h4-10,15-16,18,23H,11-14H2,1-3H3. The third-order valence-electron chi connectivity index (χ3n) is 5.82. The van der Waals surface area contributed by atoms with E-state index in [1.54, 1.807) is 0 Å². The van der Waals surface area contributed by atoms with Crippen molar-refractivity contribution in [2.75, 3.05) is 0 Å². The van der Waals surface area contributed by atoms with Crippen molar-refractivity contribution in [2.24, 2.45) is 11.8 Å². The van der Waals surface area contributed by atoms with Crippen LogP contribution in [0.2, 0.25) is 0 Å². The van der Waals surface area contributed by atoms with Crippen LogP contribution in [0.5, 0.6) is 5.75 Å². The lowest BCUT2D eigenvalue weighted by atomic mass is 9.61. The second-order valence-corrected chi connectivity index (χ2v) is 7.58. The lowest BCUT2D eigenvalue weighted by Gasteiger charge is -2.42. The SMILES string of the molecule is Cc1cccc(C2(c3ccc(O)cc3)CCC(C(C)C)CC2)c1. The van der Waals surface area contributed by atoms with Gasteiger partial charge in [0, 0.05) is 5.41 Å². The minimum atomic E-state index is 0.102. The number of aryl methyl sites for hydroxylation is 1. The molecule has 3 rings (SSSR count). The summed E-state index contributed by atoms with van der Waals surface area (Å²) in [5.41, 5.74) is 4.21. The van der Waals surface area contributed by atoms with E-state index in [1.165, 1.54) is 42.4 Å². The van der Waals surface area contributed by atoms with Gasteiger partial charge in [0.25, 0.3) is 0 Å². The Hall–Kier alpha value is -1.76. The van der Waals surface area contributed by atoms with Crippen LogP contribution in [0.25, 0.3) is 0 Å². The molecule has 1 nitrogen and oxygen atoms in total. The van der Waals surface area contributed by atoms with E-state index >= 15 is 0 Å². The summed E-state index contributed by atoms with van der Waals surface area (Å²) in [6.07, 6.45) is 4.97. The molecule has 122 valence electrons. The van der Waals surface area contributed by atoms with E-state index in [4.69, 9.17) is 0 Å². The summed E-state index contributed by atoms with van der Waals surface area (Å²) in [5, 5.41) is 9.67. The normalized spacial score (nSPS) is 24.8. The van der Waals surface area contributed by atoms with Crippen LogP contribution in [0.1, 0.15) is 56.2 Å². The van der Waals surface area contributed by atoms with Crippen LogP contribution in [-0.2, 0) is 5.41 Å². The second-order valence-electron chi connectivity index (χ2n) is 7.58. The molecule has 0 atom stereocenters. The fourth-order valence-electron chi connectivity index (χ4n) is 4.27. The molecular formula is C22H28O. The van der Waals surface area contributed by atoms with E-state index in [9.17, 15) is 5.11 Å². The summed E-state index contributed by atoms with van der Waals surface area (Å²) in [7, 11) is 0. The molecule has 0 spiro atoms. The van der Waals surface area contributed by atoms with Crippen molar-refractivity contribution in [1.82, 2.24) is 0 Å². The lowest BCUT2D eigenvalue weighted by molar-refractivity contribution is 0.217. The van der Waals surface area contributed by atoms with Crippen molar-refractivity contribution < 1.29 is 5.11 Å². The highest BCUT2D eigenvalue weighted by molar-refractivity contribution is 5.43. The molecule has 1 aliphatic rings. The first-order valence-corrected chi connectivity index (χ1v) is 8.88. The molecule has 1 saturated carbocycles. The smallest absolute Gasteiger partial charge is 0.115 e. The number of phenolic OH excluding ortho intramolecular Hbond substituents is 1. The van der Waals surface area contributed by atoms with Crippen molar-refractivity contribution in [3.05, 3.63) is 65.2 Å². The van der Waals surface area contributed by atoms with Crippen LogP contribution in [0.15, 0.2) is 48.5 Å². The van der Waals surface area contributed by atoms with E-state index in [0.29, 0.717) is 5.75 Å². The van der Waals surface area contributed by atoms with E-state index in [0.717, 1.165) is 11.8 Å². The highest BCUT2D eigenvalue weighted by Crippen LogP contribution is 2.48. The predicted octanol–water partition coefficient (Wildman–Crippen LogP) is 5.83. The van der Waals surface area contributed by atoms with Gasteiger partial charge < -0.3 is 5.11 Å². The highest BCUT2D eigenvalue weighted by Gasteiger charge is 2.38. The maximum atomic E-state index is 9.67. The Morgan fingerprint density at radius 2 is 1.61 bits per heavy atom. The van der Waals surface area contributed by atoms with Crippen molar-refractivity contribution in [3.8, 4) is 5.75 Å². The molecule has 2 aromatic carbocycles. The number of hydrogen-bond donors (Lipinski definition) is 1. The van der Waals surface area contributed by atoms with Gasteiger partial charge in [-0.1, -0.05) is 55.8 Å². The topological polar surface area (TPSA) is 20.2 Å². The van der Waals surface area contributed by atoms with Gasteiger partial charge in [-0.15, -0.1) is 0 Å². The quantitative estimate of drug-likeness (QED) is 0.756. The minimum Gasteiger partial charge on any atom is -0.508 e. The van der Waals surface area contributed by atoms with E-state index in [-0.39, 0.29) is 5.41 Å². The van der Waals surface area contributed by atoms with Gasteiger partial charge >= 0.3 is 0 Å². The molecule has 1 heteroatoms. The van der Waals surface area contributed by atoms with Crippen LogP contribution in [0.3, 0.4) is 0 Å². The maximum Gasteiger partial charge on any atom is 0.115 e. The lowest BCUT2D eigenvalue weighted by Crippen LogP contribution is -2.34. The molecule has 0 radical (unpaired) electrons. The van der Waals surface area contributed by atoms with Crippen LogP contribution < -0.4 is 0 Å². The monoisotopic (exact) mass is 308 g/mol. The number of phenols is 1. The average Bonchev–Trinajstić information content (AvgIpc) is 2.55. The van der Waals surface area contributed by atoms with Crippen LogP contribution in [0, 0.1) is 18.8 Å². The Labute approximate surface area is 140 Å². The van der Waals surface area contributed by atoms with Crippen molar-refractivity contribution in [1.29, 1.82) is 0 Å². The van der Waals surface area contributed by atoms with Crippen LogP contribution >= 0.6 is 0 Å². The third-order valence-corrected chi connectivity index (χ3v) is 5.82. The molecule has 0 unspecified atom stereocenters. The first kappa shape index (κ1) is 16.1. The average molecular weight is 308 g/mol. The summed E-state index contributed by atoms with van der Waals surface area (Å²) >= 11 is 0. The van der Waals surface area contributed by atoms with Crippen LogP contribution in [0.4, 0.5) is 0 Å². The number of aromatic hydroxyl groups is 1. The summed E-state index contributed by atoms with van der Waals surface area (Å²) in [6, 6.07) is 16.9. The Morgan fingerprint density at radius 1 is 0.957 bits per heavy atom. The molecule has 0 aromatic heterocycles.